The van der Waals surface area contributed by atoms with Crippen LogP contribution in [0.3, 0.4) is 0 Å². The van der Waals surface area contributed by atoms with Crippen LogP contribution in [0.15, 0.2) is 35.0 Å². The summed E-state index contributed by atoms with van der Waals surface area (Å²) >= 11 is 3.23. The Morgan fingerprint density at radius 1 is 1.08 bits per heavy atom. The highest BCUT2D eigenvalue weighted by atomic mass is 35.5. The van der Waals surface area contributed by atoms with E-state index in [1.807, 2.05) is 35.0 Å². The lowest BCUT2D eigenvalue weighted by atomic mass is 9.82. The summed E-state index contributed by atoms with van der Waals surface area (Å²) in [6, 6.07) is 7.92. The molecule has 1 aliphatic rings. The Bertz CT molecular complexity index is 668. The van der Waals surface area contributed by atoms with Gasteiger partial charge in [-0.25, -0.2) is 0 Å². The summed E-state index contributed by atoms with van der Waals surface area (Å²) < 4.78 is 0. The van der Waals surface area contributed by atoms with Crippen molar-refractivity contribution in [1.82, 2.24) is 16.0 Å². The number of rotatable bonds is 7. The molecule has 0 aromatic carbocycles. The zero-order valence-electron chi connectivity index (χ0n) is 13.7. The number of carbonyl (C=O) groups is 2. The van der Waals surface area contributed by atoms with E-state index in [2.05, 4.69) is 16.0 Å². The molecule has 3 rings (SSSR count). The largest absolute Gasteiger partial charge is 0.351 e. The molecular weight excluding hydrogens is 378 g/mol. The van der Waals surface area contributed by atoms with Crippen LogP contribution >= 0.6 is 35.1 Å². The van der Waals surface area contributed by atoms with E-state index in [4.69, 9.17) is 0 Å². The van der Waals surface area contributed by atoms with Gasteiger partial charge in [-0.1, -0.05) is 12.1 Å². The molecule has 136 valence electrons. The van der Waals surface area contributed by atoms with Gasteiger partial charge in [-0.3, -0.25) is 9.59 Å². The smallest absolute Gasteiger partial charge is 0.228 e. The first-order valence-corrected chi connectivity index (χ1v) is 9.74. The number of nitrogens with one attached hydrogen (secondary N) is 3. The highest BCUT2D eigenvalue weighted by molar-refractivity contribution is 7.10. The molecule has 5 nitrogen and oxygen atoms in total. The summed E-state index contributed by atoms with van der Waals surface area (Å²) in [5.41, 5.74) is -0.642. The first-order valence-electron chi connectivity index (χ1n) is 7.98. The Morgan fingerprint density at radius 3 is 2.24 bits per heavy atom. The summed E-state index contributed by atoms with van der Waals surface area (Å²) in [4.78, 5) is 27.3. The first kappa shape index (κ1) is 19.9. The van der Waals surface area contributed by atoms with Crippen molar-refractivity contribution in [3.05, 3.63) is 44.8 Å². The van der Waals surface area contributed by atoms with Crippen LogP contribution < -0.4 is 16.0 Å². The molecule has 1 saturated heterocycles. The zero-order chi connectivity index (χ0) is 16.8. The fourth-order valence-electron chi connectivity index (χ4n) is 2.91. The van der Waals surface area contributed by atoms with Crippen molar-refractivity contribution in [1.29, 1.82) is 0 Å². The molecule has 2 aromatic rings. The van der Waals surface area contributed by atoms with E-state index >= 15 is 0 Å². The van der Waals surface area contributed by atoms with Crippen LogP contribution in [0.2, 0.25) is 0 Å². The lowest BCUT2D eigenvalue weighted by molar-refractivity contribution is -0.135. The van der Waals surface area contributed by atoms with Crippen LogP contribution in [-0.4, -0.2) is 24.9 Å². The lowest BCUT2D eigenvalue weighted by Gasteiger charge is -2.26. The van der Waals surface area contributed by atoms with Crippen molar-refractivity contribution in [3.63, 3.8) is 0 Å². The number of hydrogen-bond acceptors (Lipinski definition) is 5. The topological polar surface area (TPSA) is 70.2 Å². The molecule has 8 heteroatoms. The Balaban J connectivity index is 0.00000225. The summed E-state index contributed by atoms with van der Waals surface area (Å²) in [7, 11) is 0. The number of amides is 2. The predicted molar refractivity (Wildman–Crippen MR) is 104 cm³/mol. The second-order valence-electron chi connectivity index (χ2n) is 6.00. The van der Waals surface area contributed by atoms with Crippen LogP contribution in [0, 0.1) is 5.41 Å². The minimum atomic E-state index is -0.642. The minimum absolute atomic E-state index is 0. The fraction of sp³-hybridized carbons (Fsp3) is 0.412. The molecule has 0 saturated carbocycles. The quantitative estimate of drug-likeness (QED) is 0.670. The third-order valence-corrected chi connectivity index (χ3v) is 6.02. The van der Waals surface area contributed by atoms with Crippen molar-refractivity contribution >= 4 is 46.9 Å². The van der Waals surface area contributed by atoms with E-state index in [9.17, 15) is 9.59 Å². The van der Waals surface area contributed by atoms with Crippen molar-refractivity contribution in [2.24, 2.45) is 5.41 Å². The van der Waals surface area contributed by atoms with Crippen LogP contribution in [0.5, 0.6) is 0 Å². The summed E-state index contributed by atoms with van der Waals surface area (Å²) in [5, 5.41) is 13.1. The molecule has 2 aromatic heterocycles. The number of carbonyl (C=O) groups excluding carboxylic acids is 2. The highest BCUT2D eigenvalue weighted by Gasteiger charge is 2.42. The van der Waals surface area contributed by atoms with Crippen molar-refractivity contribution in [3.8, 4) is 0 Å². The third kappa shape index (κ3) is 5.28. The zero-order valence-corrected chi connectivity index (χ0v) is 16.2. The van der Waals surface area contributed by atoms with Crippen molar-refractivity contribution in [2.45, 2.75) is 25.9 Å². The van der Waals surface area contributed by atoms with E-state index in [1.54, 1.807) is 22.7 Å². The van der Waals surface area contributed by atoms with Gasteiger partial charge in [0, 0.05) is 22.7 Å². The van der Waals surface area contributed by atoms with Gasteiger partial charge in [0.05, 0.1) is 18.5 Å². The molecule has 3 N–H and O–H groups in total. The monoisotopic (exact) mass is 399 g/mol. The normalized spacial score (nSPS) is 19.2. The predicted octanol–water partition coefficient (Wildman–Crippen LogP) is 2.53. The SMILES string of the molecule is Cl.O=C(CC1(C(=O)NCc2cccs2)CCNC1)NCc1cccs1. The highest BCUT2D eigenvalue weighted by Crippen LogP contribution is 2.30. The van der Waals surface area contributed by atoms with E-state index < -0.39 is 5.41 Å². The average Bonchev–Trinajstić information content (AvgIpc) is 3.32. The Kier molecular flexibility index (Phi) is 7.43. The Morgan fingerprint density at radius 2 is 1.72 bits per heavy atom. The molecule has 3 heterocycles. The molecule has 1 fully saturated rings. The minimum Gasteiger partial charge on any atom is -0.351 e. The molecule has 2 amide bonds. The third-order valence-electron chi connectivity index (χ3n) is 4.27. The van der Waals surface area contributed by atoms with Gasteiger partial charge in [-0.2, -0.15) is 0 Å². The molecule has 1 atom stereocenters. The maximum atomic E-state index is 12.7. The van der Waals surface area contributed by atoms with E-state index in [1.165, 1.54) is 0 Å². The van der Waals surface area contributed by atoms with E-state index in [0.717, 1.165) is 16.3 Å². The van der Waals surface area contributed by atoms with Gasteiger partial charge in [0.1, 0.15) is 0 Å². The van der Waals surface area contributed by atoms with Crippen LogP contribution in [0.1, 0.15) is 22.6 Å². The maximum absolute atomic E-state index is 12.7. The summed E-state index contributed by atoms with van der Waals surface area (Å²) in [6.07, 6.45) is 0.914. The first-order chi connectivity index (χ1) is 11.7. The number of hydrogen-bond donors (Lipinski definition) is 3. The second kappa shape index (κ2) is 9.33. The van der Waals surface area contributed by atoms with E-state index in [0.29, 0.717) is 26.1 Å². The number of halogens is 1. The molecule has 0 aliphatic carbocycles. The molecule has 0 bridgehead atoms. The Labute approximate surface area is 161 Å². The number of thiophene rings is 2. The molecule has 1 aliphatic heterocycles. The molecule has 0 radical (unpaired) electrons. The van der Waals surface area contributed by atoms with Gasteiger partial charge in [0.15, 0.2) is 0 Å². The van der Waals surface area contributed by atoms with Crippen LogP contribution in [0.25, 0.3) is 0 Å². The maximum Gasteiger partial charge on any atom is 0.228 e. The Hall–Kier alpha value is -1.41. The van der Waals surface area contributed by atoms with Crippen molar-refractivity contribution < 1.29 is 9.59 Å². The average molecular weight is 400 g/mol. The van der Waals surface area contributed by atoms with Gasteiger partial charge in [-0.05, 0) is 35.9 Å². The van der Waals surface area contributed by atoms with E-state index in [-0.39, 0.29) is 30.6 Å². The van der Waals surface area contributed by atoms with Gasteiger partial charge in [0.2, 0.25) is 11.8 Å². The van der Waals surface area contributed by atoms with Crippen molar-refractivity contribution in [2.75, 3.05) is 13.1 Å². The van der Waals surface area contributed by atoms with Gasteiger partial charge < -0.3 is 16.0 Å². The van der Waals surface area contributed by atoms with Gasteiger partial charge in [0.25, 0.3) is 0 Å². The van der Waals surface area contributed by atoms with Gasteiger partial charge in [-0.15, -0.1) is 35.1 Å². The van der Waals surface area contributed by atoms with Gasteiger partial charge >= 0.3 is 0 Å². The van der Waals surface area contributed by atoms with Crippen LogP contribution in [-0.2, 0) is 22.7 Å². The summed E-state index contributed by atoms with van der Waals surface area (Å²) in [6.45, 7) is 2.37. The standard InChI is InChI=1S/C17H21N3O2S2.ClH/c21-15(19-10-13-3-1-7-23-13)9-17(5-6-18-12-17)16(22)20-11-14-4-2-8-24-14;/h1-4,7-8,18H,5-6,9-12H2,(H,19,21)(H,20,22);1H. The molecular formula is C17H22ClN3O2S2. The van der Waals surface area contributed by atoms with Crippen LogP contribution in [0.4, 0.5) is 0 Å². The molecule has 1 unspecified atom stereocenters. The molecule has 25 heavy (non-hydrogen) atoms. The summed E-state index contributed by atoms with van der Waals surface area (Å²) in [5.74, 6) is -0.106. The lowest BCUT2D eigenvalue weighted by Crippen LogP contribution is -2.45. The fourth-order valence-corrected chi connectivity index (χ4v) is 4.19. The second-order valence-corrected chi connectivity index (χ2v) is 8.07. The molecule has 0 spiro atoms.